The van der Waals surface area contributed by atoms with Crippen LogP contribution >= 0.6 is 0 Å². The first-order chi connectivity index (χ1) is 8.75. The van der Waals surface area contributed by atoms with Crippen LogP contribution in [-0.4, -0.2) is 9.91 Å². The Morgan fingerprint density at radius 2 is 1.78 bits per heavy atom. The number of nitro benzene ring substituents is 1. The standard InChI is InChI=1S/C13H9N3O2/c17-16(18)11-7-5-10(6-8-11)15-9-14-12-3-1-2-4-13(12)15/h1-9H/p+1. The maximum absolute atomic E-state index is 10.6. The Hall–Kier alpha value is -2.69. The molecule has 0 aliphatic heterocycles. The molecule has 1 heterocycles. The molecule has 0 radical (unpaired) electrons. The molecule has 88 valence electrons. The van der Waals surface area contributed by atoms with E-state index in [1.165, 1.54) is 12.1 Å². The summed E-state index contributed by atoms with van der Waals surface area (Å²) in [4.78, 5) is 13.4. The van der Waals surface area contributed by atoms with Crippen molar-refractivity contribution in [2.24, 2.45) is 0 Å². The molecule has 3 rings (SSSR count). The minimum Gasteiger partial charge on any atom is -0.258 e. The van der Waals surface area contributed by atoms with E-state index in [1.54, 1.807) is 12.1 Å². The smallest absolute Gasteiger partial charge is 0.258 e. The summed E-state index contributed by atoms with van der Waals surface area (Å²) >= 11 is 0. The quantitative estimate of drug-likeness (QED) is 0.424. The Kier molecular flexibility index (Phi) is 2.30. The van der Waals surface area contributed by atoms with Gasteiger partial charge in [0, 0.05) is 12.1 Å². The van der Waals surface area contributed by atoms with E-state index in [1.807, 2.05) is 35.2 Å². The Bertz CT molecular complexity index is 716. The van der Waals surface area contributed by atoms with E-state index in [4.69, 9.17) is 0 Å². The van der Waals surface area contributed by atoms with Crippen molar-refractivity contribution in [2.75, 3.05) is 0 Å². The van der Waals surface area contributed by atoms with Gasteiger partial charge in [0.15, 0.2) is 11.0 Å². The number of aromatic amines is 1. The lowest BCUT2D eigenvalue weighted by Gasteiger charge is -1.96. The van der Waals surface area contributed by atoms with Crippen molar-refractivity contribution in [1.82, 2.24) is 4.98 Å². The molecule has 0 saturated heterocycles. The largest absolute Gasteiger partial charge is 0.269 e. The van der Waals surface area contributed by atoms with Crippen LogP contribution in [0.5, 0.6) is 0 Å². The number of nitrogens with one attached hydrogen (secondary N) is 1. The highest BCUT2D eigenvalue weighted by molar-refractivity contribution is 5.71. The van der Waals surface area contributed by atoms with E-state index in [-0.39, 0.29) is 5.69 Å². The summed E-state index contributed by atoms with van der Waals surface area (Å²) in [5.74, 6) is 0. The number of nitrogens with zero attached hydrogens (tertiary/aromatic N) is 2. The third-order valence-corrected chi connectivity index (χ3v) is 2.85. The van der Waals surface area contributed by atoms with Crippen LogP contribution in [0.2, 0.25) is 0 Å². The third-order valence-electron chi connectivity index (χ3n) is 2.85. The lowest BCUT2D eigenvalue weighted by atomic mass is 10.2. The zero-order valence-electron chi connectivity index (χ0n) is 9.41. The first-order valence-corrected chi connectivity index (χ1v) is 5.48. The molecule has 0 atom stereocenters. The van der Waals surface area contributed by atoms with Gasteiger partial charge in [-0.25, -0.2) is 4.98 Å². The lowest BCUT2D eigenvalue weighted by Crippen LogP contribution is -2.28. The van der Waals surface area contributed by atoms with Gasteiger partial charge in [0.2, 0.25) is 6.33 Å². The van der Waals surface area contributed by atoms with Crippen molar-refractivity contribution in [3.05, 3.63) is 65.0 Å². The van der Waals surface area contributed by atoms with Gasteiger partial charge in [-0.15, -0.1) is 0 Å². The fourth-order valence-electron chi connectivity index (χ4n) is 1.96. The molecule has 1 aromatic heterocycles. The second kappa shape index (κ2) is 3.96. The highest BCUT2D eigenvalue weighted by Crippen LogP contribution is 2.14. The van der Waals surface area contributed by atoms with Gasteiger partial charge < -0.3 is 0 Å². The summed E-state index contributed by atoms with van der Waals surface area (Å²) in [5, 5.41) is 10.6. The average molecular weight is 240 g/mol. The molecule has 0 unspecified atom stereocenters. The van der Waals surface area contributed by atoms with Crippen molar-refractivity contribution < 1.29 is 9.49 Å². The number of fused-ring (bicyclic) bond motifs is 1. The fourth-order valence-corrected chi connectivity index (χ4v) is 1.96. The van der Waals surface area contributed by atoms with Crippen LogP contribution in [0.3, 0.4) is 0 Å². The molecule has 1 N–H and O–H groups in total. The van der Waals surface area contributed by atoms with Gasteiger partial charge in [0.25, 0.3) is 5.69 Å². The number of non-ortho nitro benzene ring substituents is 1. The molecule has 2 aromatic carbocycles. The Labute approximate surface area is 102 Å². The number of aromatic nitrogens is 2. The first kappa shape index (κ1) is 10.5. The van der Waals surface area contributed by atoms with Crippen LogP contribution in [0, 0.1) is 10.1 Å². The third kappa shape index (κ3) is 1.62. The van der Waals surface area contributed by atoms with Gasteiger partial charge >= 0.3 is 0 Å². The molecule has 0 aliphatic rings. The number of hydrogen-bond donors (Lipinski definition) is 1. The van der Waals surface area contributed by atoms with Crippen LogP contribution in [0.15, 0.2) is 54.9 Å². The van der Waals surface area contributed by atoms with Crippen LogP contribution in [0.1, 0.15) is 0 Å². The molecule has 0 spiro atoms. The van der Waals surface area contributed by atoms with Gasteiger partial charge in [-0.2, -0.15) is 4.57 Å². The molecule has 5 nitrogen and oxygen atoms in total. The van der Waals surface area contributed by atoms with E-state index in [2.05, 4.69) is 4.98 Å². The van der Waals surface area contributed by atoms with Gasteiger partial charge in [-0.3, -0.25) is 10.1 Å². The summed E-state index contributed by atoms with van der Waals surface area (Å²) < 4.78 is 1.96. The highest BCUT2D eigenvalue weighted by atomic mass is 16.6. The van der Waals surface area contributed by atoms with E-state index in [9.17, 15) is 10.1 Å². The predicted molar refractivity (Wildman–Crippen MR) is 66.5 cm³/mol. The average Bonchev–Trinajstić information content (AvgIpc) is 2.82. The van der Waals surface area contributed by atoms with Crippen LogP contribution in [-0.2, 0) is 0 Å². The minimum atomic E-state index is -0.399. The highest BCUT2D eigenvalue weighted by Gasteiger charge is 2.12. The molecular formula is C13H10N3O2+. The zero-order chi connectivity index (χ0) is 12.5. The second-order valence-corrected chi connectivity index (χ2v) is 3.93. The number of benzene rings is 2. The molecule has 0 bridgehead atoms. The van der Waals surface area contributed by atoms with E-state index in [0.717, 1.165) is 16.7 Å². The van der Waals surface area contributed by atoms with E-state index in [0.29, 0.717) is 0 Å². The summed E-state index contributed by atoms with van der Waals surface area (Å²) in [7, 11) is 0. The number of H-pyrrole nitrogens is 1. The number of rotatable bonds is 2. The number of para-hydroxylation sites is 2. The van der Waals surface area contributed by atoms with Crippen molar-refractivity contribution in [1.29, 1.82) is 0 Å². The molecular weight excluding hydrogens is 230 g/mol. The van der Waals surface area contributed by atoms with Gasteiger partial charge in [-0.1, -0.05) is 12.1 Å². The van der Waals surface area contributed by atoms with Gasteiger partial charge in [-0.05, 0) is 24.3 Å². The van der Waals surface area contributed by atoms with Crippen LogP contribution in [0.25, 0.3) is 16.7 Å². The maximum Gasteiger partial charge on any atom is 0.269 e. The summed E-state index contributed by atoms with van der Waals surface area (Å²) in [6.45, 7) is 0. The number of hydrogen-bond acceptors (Lipinski definition) is 2. The van der Waals surface area contributed by atoms with E-state index >= 15 is 0 Å². The first-order valence-electron chi connectivity index (χ1n) is 5.48. The van der Waals surface area contributed by atoms with Crippen LogP contribution in [0.4, 0.5) is 5.69 Å². The summed E-state index contributed by atoms with van der Waals surface area (Å²) in [6, 6.07) is 14.4. The molecule has 0 saturated carbocycles. The predicted octanol–water partition coefficient (Wildman–Crippen LogP) is 2.35. The van der Waals surface area contributed by atoms with Crippen molar-refractivity contribution >= 4 is 16.7 Å². The maximum atomic E-state index is 10.6. The molecule has 18 heavy (non-hydrogen) atoms. The molecule has 3 aromatic rings. The zero-order valence-corrected chi connectivity index (χ0v) is 9.41. The minimum absolute atomic E-state index is 0.0965. The normalized spacial score (nSPS) is 10.7. The molecule has 0 amide bonds. The monoisotopic (exact) mass is 240 g/mol. The van der Waals surface area contributed by atoms with Crippen molar-refractivity contribution in [3.63, 3.8) is 0 Å². The molecule has 0 aliphatic carbocycles. The van der Waals surface area contributed by atoms with Crippen molar-refractivity contribution in [2.45, 2.75) is 0 Å². The lowest BCUT2D eigenvalue weighted by molar-refractivity contribution is -0.567. The van der Waals surface area contributed by atoms with Gasteiger partial charge in [0.1, 0.15) is 5.69 Å². The Morgan fingerprint density at radius 1 is 1.06 bits per heavy atom. The Balaban J connectivity index is 2.12. The SMILES string of the molecule is O=[N+]([O-])c1ccc(-[n+]2c[nH]c3ccccc32)cc1. The van der Waals surface area contributed by atoms with Crippen LogP contribution < -0.4 is 4.57 Å². The fraction of sp³-hybridized carbons (Fsp3) is 0. The second-order valence-electron chi connectivity index (χ2n) is 3.93. The molecule has 0 fully saturated rings. The Morgan fingerprint density at radius 3 is 2.50 bits per heavy atom. The number of nitro groups is 1. The van der Waals surface area contributed by atoms with Gasteiger partial charge in [0.05, 0.1) is 4.92 Å². The topological polar surface area (TPSA) is 62.8 Å². The van der Waals surface area contributed by atoms with Crippen molar-refractivity contribution in [3.8, 4) is 5.69 Å². The number of imidazole rings is 1. The summed E-state index contributed by atoms with van der Waals surface area (Å²) in [5.41, 5.74) is 3.04. The molecule has 5 heteroatoms. The summed E-state index contributed by atoms with van der Waals surface area (Å²) in [6.07, 6.45) is 1.84. The van der Waals surface area contributed by atoms with E-state index < -0.39 is 4.92 Å².